The van der Waals surface area contributed by atoms with Gasteiger partial charge in [-0.15, -0.1) is 0 Å². The number of hydrogen-bond acceptors (Lipinski definition) is 18. The fourth-order valence-corrected chi connectivity index (χ4v) is 11.2. The Kier molecular flexibility index (Phi) is 20.6. The van der Waals surface area contributed by atoms with Gasteiger partial charge in [-0.2, -0.15) is 29.9 Å². The Labute approximate surface area is 433 Å². The molecular weight excluding hydrogens is 974 g/mol. The van der Waals surface area contributed by atoms with Gasteiger partial charge in [-0.05, 0) is 168 Å². The van der Waals surface area contributed by atoms with Crippen LogP contribution in [0, 0.1) is 11.8 Å². The van der Waals surface area contributed by atoms with Crippen LogP contribution >= 0.6 is 46.4 Å². The number of nitrogens with one attached hydrogen (secondary N) is 4. The standard InChI is InChI=1S/C24H35ClN8O.C10H7Cl3N4O.C7H14N2.C7H16N2/c1-3-18-5-4-10-33(18)15-26-22-29-23(27-17-6-7-21(34-2)19(25)13-17)31-24(30-22)28-20-14-32-11-8-16(20)9-12-32;1-18-7-3-2-5(4-6(7)11)14-10-16-8(12)15-9(13)17-10;8-7-5-9-3-1-6(7)2-4-9;1-2-9-5-3-4-7(9)6-8/h6-7,13,16,18,20H,3-5,8-12,14-15H2,1-2H3,(H3,26,27,28,29,30,31);2-4H,1H3,(H,14,15,16,17);6-7H,1-5,8H2;7H,2-6,8H2,1H3. The minimum Gasteiger partial charge on any atom is -0.495 e. The maximum Gasteiger partial charge on any atom is 0.233 e. The molecule has 10 heterocycles. The fourth-order valence-electron chi connectivity index (χ4n) is 10.3. The topological polar surface area (TPSA) is 209 Å². The lowest BCUT2D eigenvalue weighted by Gasteiger charge is -2.44. The molecule has 8 N–H and O–H groups in total. The number of halogens is 4. The van der Waals surface area contributed by atoms with Crippen molar-refractivity contribution in [2.75, 3.05) is 108 Å². The monoisotopic (exact) mass is 1040 g/mol. The number of nitrogens with two attached hydrogens (primary N) is 2. The highest BCUT2D eigenvalue weighted by molar-refractivity contribution is 6.33. The molecule has 12 rings (SSSR count). The highest BCUT2D eigenvalue weighted by Crippen LogP contribution is 2.32. The minimum atomic E-state index is 0.0112. The molecule has 0 saturated carbocycles. The van der Waals surface area contributed by atoms with Gasteiger partial charge in [-0.25, -0.2) is 0 Å². The zero-order valence-electron chi connectivity index (χ0n) is 41.0. The van der Waals surface area contributed by atoms with Crippen molar-refractivity contribution in [2.24, 2.45) is 23.3 Å². The molecule has 18 nitrogen and oxygen atoms in total. The maximum absolute atomic E-state index is 6.32. The second-order valence-corrected chi connectivity index (χ2v) is 20.1. The van der Waals surface area contributed by atoms with Crippen molar-refractivity contribution in [1.29, 1.82) is 0 Å². The lowest BCUT2D eigenvalue weighted by molar-refractivity contribution is 0.0896. The lowest BCUT2D eigenvalue weighted by atomic mass is 9.84. The molecule has 22 heteroatoms. The summed E-state index contributed by atoms with van der Waals surface area (Å²) in [5, 5.41) is 14.3. The van der Waals surface area contributed by atoms with Gasteiger partial charge < -0.3 is 52.0 Å². The van der Waals surface area contributed by atoms with Gasteiger partial charge in [-0.3, -0.25) is 9.80 Å². The van der Waals surface area contributed by atoms with E-state index in [1.807, 2.05) is 18.2 Å². The molecule has 8 saturated heterocycles. The zero-order valence-corrected chi connectivity index (χ0v) is 44.0. The summed E-state index contributed by atoms with van der Waals surface area (Å²) in [5.74, 6) is 4.63. The third-order valence-corrected chi connectivity index (χ3v) is 15.2. The zero-order chi connectivity index (χ0) is 49.6. The van der Waals surface area contributed by atoms with Crippen molar-refractivity contribution in [3.05, 3.63) is 57.0 Å². The number of piperidine rings is 6. The molecule has 8 aliphatic heterocycles. The second kappa shape index (κ2) is 26.8. The molecule has 2 aromatic heterocycles. The van der Waals surface area contributed by atoms with Gasteiger partial charge in [0.2, 0.25) is 34.4 Å². The molecule has 4 aromatic rings. The molecule has 0 spiro atoms. The Balaban J connectivity index is 0.000000165. The van der Waals surface area contributed by atoms with E-state index in [0.29, 0.717) is 75.2 Å². The molecular formula is C48H72Cl4N16O2. The number of aromatic nitrogens is 6. The van der Waals surface area contributed by atoms with Crippen LogP contribution in [0.5, 0.6) is 11.5 Å². The van der Waals surface area contributed by atoms with E-state index in [-0.39, 0.29) is 16.5 Å². The molecule has 4 bridgehead atoms. The van der Waals surface area contributed by atoms with Crippen molar-refractivity contribution in [2.45, 2.75) is 95.8 Å². The number of fused-ring (bicyclic) bond motifs is 6. The summed E-state index contributed by atoms with van der Waals surface area (Å²) in [6.07, 6.45) is 11.5. The van der Waals surface area contributed by atoms with E-state index < -0.39 is 0 Å². The Morgan fingerprint density at radius 2 is 1.14 bits per heavy atom. The third kappa shape index (κ3) is 15.4. The Bertz CT molecular complexity index is 2220. The number of benzene rings is 2. The van der Waals surface area contributed by atoms with Gasteiger partial charge in [0.1, 0.15) is 11.5 Å². The molecule has 2 aromatic carbocycles. The first-order valence-corrected chi connectivity index (χ1v) is 26.4. The molecule has 0 radical (unpaired) electrons. The Morgan fingerprint density at radius 1 is 0.614 bits per heavy atom. The first-order valence-electron chi connectivity index (χ1n) is 24.9. The van der Waals surface area contributed by atoms with Crippen LogP contribution in [-0.4, -0.2) is 160 Å². The smallest absolute Gasteiger partial charge is 0.233 e. The number of likely N-dealkylation sites (tertiary alicyclic amines) is 2. The highest BCUT2D eigenvalue weighted by atomic mass is 35.5. The summed E-state index contributed by atoms with van der Waals surface area (Å²) in [4.78, 5) is 35.4. The van der Waals surface area contributed by atoms with E-state index in [1.54, 1.807) is 32.4 Å². The molecule has 8 aliphatic rings. The van der Waals surface area contributed by atoms with Crippen LogP contribution in [0.2, 0.25) is 20.6 Å². The first kappa shape index (κ1) is 54.0. The SMILES string of the molecule is CCC1CCCN1CNc1nc(Nc2ccc(OC)c(Cl)c2)nc(NC2CN3CCC2CC3)n1.CCN1CCCC1CN.COc1ccc(Nc2nc(Cl)nc(Cl)n2)cc1Cl.NC1CN2CCC1CC2. The summed E-state index contributed by atoms with van der Waals surface area (Å²) >= 11 is 23.6. The van der Waals surface area contributed by atoms with E-state index >= 15 is 0 Å². The van der Waals surface area contributed by atoms with Gasteiger partial charge in [0.25, 0.3) is 0 Å². The average Bonchev–Trinajstić information content (AvgIpc) is 4.04. The number of methoxy groups -OCH3 is 2. The summed E-state index contributed by atoms with van der Waals surface area (Å²) in [6, 6.07) is 12.9. The summed E-state index contributed by atoms with van der Waals surface area (Å²) < 4.78 is 10.3. The normalized spacial score (nSPS) is 25.6. The predicted molar refractivity (Wildman–Crippen MR) is 284 cm³/mol. The van der Waals surface area contributed by atoms with Crippen LogP contribution in [0.1, 0.15) is 71.6 Å². The van der Waals surface area contributed by atoms with Gasteiger partial charge in [-0.1, -0.05) is 37.0 Å². The van der Waals surface area contributed by atoms with E-state index in [4.69, 9.17) is 77.3 Å². The first-order chi connectivity index (χ1) is 33.9. The lowest BCUT2D eigenvalue weighted by Crippen LogP contribution is -2.54. The fraction of sp³-hybridized carbons (Fsp3) is 0.625. The van der Waals surface area contributed by atoms with Gasteiger partial charge in [0.05, 0.1) is 30.9 Å². The summed E-state index contributed by atoms with van der Waals surface area (Å²) in [7, 11) is 3.15. The number of rotatable bonds is 14. The van der Waals surface area contributed by atoms with Crippen LogP contribution in [0.3, 0.4) is 0 Å². The number of hydrogen-bond donors (Lipinski definition) is 6. The Hall–Kier alpha value is -3.82. The van der Waals surface area contributed by atoms with Crippen molar-refractivity contribution >= 4 is 81.6 Å². The number of likely N-dealkylation sites (N-methyl/N-ethyl adjacent to an activating group) is 1. The number of anilines is 6. The summed E-state index contributed by atoms with van der Waals surface area (Å²) in [5.41, 5.74) is 12.9. The van der Waals surface area contributed by atoms with E-state index in [2.05, 4.69) is 74.7 Å². The molecule has 384 valence electrons. The quantitative estimate of drug-likeness (QED) is 0.0705. The summed E-state index contributed by atoms with van der Waals surface area (Å²) in [6.45, 7) is 16.8. The van der Waals surface area contributed by atoms with Crippen molar-refractivity contribution in [1.82, 2.24) is 49.5 Å². The molecule has 4 atom stereocenters. The molecule has 0 amide bonds. The van der Waals surface area contributed by atoms with Crippen molar-refractivity contribution < 1.29 is 9.47 Å². The molecule has 4 unspecified atom stereocenters. The molecule has 8 fully saturated rings. The van der Waals surface area contributed by atoms with Crippen molar-refractivity contribution in [3.63, 3.8) is 0 Å². The highest BCUT2D eigenvalue weighted by Gasteiger charge is 2.35. The van der Waals surface area contributed by atoms with Crippen LogP contribution < -0.4 is 42.2 Å². The van der Waals surface area contributed by atoms with E-state index in [0.717, 1.165) is 50.9 Å². The average molecular weight is 1050 g/mol. The van der Waals surface area contributed by atoms with E-state index in [1.165, 1.54) is 90.6 Å². The number of ether oxygens (including phenoxy) is 2. The van der Waals surface area contributed by atoms with E-state index in [9.17, 15) is 0 Å². The predicted octanol–water partition coefficient (Wildman–Crippen LogP) is 8.08. The van der Waals surface area contributed by atoms with Crippen LogP contribution in [0.15, 0.2) is 36.4 Å². The maximum atomic E-state index is 6.32. The number of nitrogens with zero attached hydrogens (tertiary/aromatic N) is 10. The van der Waals surface area contributed by atoms with Gasteiger partial charge >= 0.3 is 0 Å². The third-order valence-electron chi connectivity index (χ3n) is 14.3. The van der Waals surface area contributed by atoms with Crippen LogP contribution in [0.4, 0.5) is 35.2 Å². The molecule has 0 aliphatic carbocycles. The van der Waals surface area contributed by atoms with Gasteiger partial charge in [0, 0.05) is 61.7 Å². The largest absolute Gasteiger partial charge is 0.495 e. The minimum absolute atomic E-state index is 0.0112. The van der Waals surface area contributed by atoms with Crippen LogP contribution in [0.25, 0.3) is 0 Å². The van der Waals surface area contributed by atoms with Gasteiger partial charge in [0.15, 0.2) is 0 Å². The van der Waals surface area contributed by atoms with Crippen LogP contribution in [-0.2, 0) is 0 Å². The van der Waals surface area contributed by atoms with Crippen molar-refractivity contribution in [3.8, 4) is 11.5 Å². The second-order valence-electron chi connectivity index (χ2n) is 18.7. The molecule has 70 heavy (non-hydrogen) atoms. The Morgan fingerprint density at radius 3 is 1.60 bits per heavy atom.